The van der Waals surface area contributed by atoms with Gasteiger partial charge in [-0.3, -0.25) is 0 Å². The lowest BCUT2D eigenvalue weighted by atomic mass is 9.78. The molecule has 0 unspecified atom stereocenters. The molecule has 0 radical (unpaired) electrons. The van der Waals surface area contributed by atoms with Crippen LogP contribution in [-0.2, 0) is 6.18 Å². The van der Waals surface area contributed by atoms with Crippen molar-refractivity contribution in [1.82, 2.24) is 0 Å². The highest BCUT2D eigenvalue weighted by Gasteiger charge is 2.29. The van der Waals surface area contributed by atoms with Crippen LogP contribution in [0.25, 0.3) is 10.8 Å². The summed E-state index contributed by atoms with van der Waals surface area (Å²) in [5.74, 6) is 8.71. The number of alkyl halides is 3. The second-order valence-corrected chi connectivity index (χ2v) is 7.95. The van der Waals surface area contributed by atoms with Gasteiger partial charge in [0.05, 0.1) is 11.1 Å². The van der Waals surface area contributed by atoms with E-state index in [0.717, 1.165) is 43.2 Å². The van der Waals surface area contributed by atoms with Crippen LogP contribution in [0.5, 0.6) is 0 Å². The lowest BCUT2D eigenvalue weighted by molar-refractivity contribution is -0.137. The largest absolute Gasteiger partial charge is 0.416 e. The van der Waals surface area contributed by atoms with E-state index >= 15 is 0 Å². The molecule has 0 heterocycles. The fourth-order valence-electron chi connectivity index (χ4n) is 4.14. The van der Waals surface area contributed by atoms with Crippen molar-refractivity contribution < 1.29 is 17.6 Å². The van der Waals surface area contributed by atoms with Crippen molar-refractivity contribution in [2.45, 2.75) is 37.8 Å². The Kier molecular flexibility index (Phi) is 5.75. The summed E-state index contributed by atoms with van der Waals surface area (Å²) >= 11 is 0. The molecule has 0 spiro atoms. The van der Waals surface area contributed by atoms with Crippen molar-refractivity contribution in [2.75, 3.05) is 0 Å². The van der Waals surface area contributed by atoms with Crippen LogP contribution in [-0.4, -0.2) is 0 Å². The van der Waals surface area contributed by atoms with Crippen molar-refractivity contribution in [3.05, 3.63) is 82.7 Å². The Labute approximate surface area is 179 Å². The van der Waals surface area contributed by atoms with Gasteiger partial charge in [0, 0.05) is 16.9 Å². The molecule has 156 valence electrons. The van der Waals surface area contributed by atoms with Crippen molar-refractivity contribution >= 4 is 10.8 Å². The summed E-state index contributed by atoms with van der Waals surface area (Å²) < 4.78 is 53.0. The molecule has 4 rings (SSSR count). The molecule has 0 N–H and O–H groups in total. The number of hydrogen-bond donors (Lipinski definition) is 0. The second-order valence-electron chi connectivity index (χ2n) is 7.95. The van der Waals surface area contributed by atoms with Gasteiger partial charge < -0.3 is 0 Å². The van der Waals surface area contributed by atoms with Crippen LogP contribution < -0.4 is 0 Å². The monoisotopic (exact) mass is 420 g/mol. The van der Waals surface area contributed by atoms with Crippen LogP contribution in [0, 0.1) is 35.9 Å². The number of benzene rings is 3. The standard InChI is InChI=1S/C27H20F4/c1-2-18-3-8-20(9-4-18)22-13-16-25-23(17-22)12-11-21(26(25)28)10-5-19-6-14-24(15-7-19)27(29,30)31/h1,6-7,11-18,20H,3-4,8-9H2. The lowest BCUT2D eigenvalue weighted by Crippen LogP contribution is -2.11. The molecule has 3 aromatic carbocycles. The highest BCUT2D eigenvalue weighted by molar-refractivity contribution is 5.85. The Morgan fingerprint density at radius 1 is 0.839 bits per heavy atom. The third-order valence-electron chi connectivity index (χ3n) is 5.97. The molecule has 0 amide bonds. The fraction of sp³-hybridized carbons (Fsp3) is 0.259. The maximum Gasteiger partial charge on any atom is 0.416 e. The van der Waals surface area contributed by atoms with E-state index in [9.17, 15) is 17.6 Å². The van der Waals surface area contributed by atoms with Crippen molar-refractivity contribution in [1.29, 1.82) is 0 Å². The molecule has 1 saturated carbocycles. The predicted octanol–water partition coefficient (Wildman–Crippen LogP) is 7.30. The SMILES string of the molecule is C#CC1CCC(c2ccc3c(F)c(C#Cc4ccc(C(F)(F)F)cc4)ccc3c2)CC1. The summed E-state index contributed by atoms with van der Waals surface area (Å²) in [6, 6.07) is 13.8. The summed E-state index contributed by atoms with van der Waals surface area (Å²) in [7, 11) is 0. The summed E-state index contributed by atoms with van der Waals surface area (Å²) in [4.78, 5) is 0. The maximum absolute atomic E-state index is 15.0. The van der Waals surface area contributed by atoms with E-state index in [1.54, 1.807) is 12.1 Å². The first-order valence-corrected chi connectivity index (χ1v) is 10.2. The molecule has 0 saturated heterocycles. The molecule has 4 heteroatoms. The molecule has 1 aliphatic rings. The molecule has 0 aliphatic heterocycles. The van der Waals surface area contributed by atoms with Crippen LogP contribution in [0.15, 0.2) is 54.6 Å². The number of hydrogen-bond acceptors (Lipinski definition) is 0. The first-order chi connectivity index (χ1) is 14.8. The minimum Gasteiger partial charge on any atom is -0.205 e. The third kappa shape index (κ3) is 4.59. The first-order valence-electron chi connectivity index (χ1n) is 10.2. The number of halogens is 4. The normalized spacial score (nSPS) is 18.8. The van der Waals surface area contributed by atoms with Gasteiger partial charge in [-0.15, -0.1) is 12.3 Å². The Hall–Kier alpha value is -3.24. The minimum atomic E-state index is -4.39. The zero-order valence-corrected chi connectivity index (χ0v) is 16.8. The van der Waals surface area contributed by atoms with E-state index in [2.05, 4.69) is 17.8 Å². The highest BCUT2D eigenvalue weighted by Crippen LogP contribution is 2.37. The summed E-state index contributed by atoms with van der Waals surface area (Å²) in [6.07, 6.45) is 5.26. The van der Waals surface area contributed by atoms with Crippen LogP contribution in [0.3, 0.4) is 0 Å². The Morgan fingerprint density at radius 3 is 2.19 bits per heavy atom. The molecule has 0 nitrogen and oxygen atoms in total. The van der Waals surface area contributed by atoms with Gasteiger partial charge in [0.15, 0.2) is 0 Å². The summed E-state index contributed by atoms with van der Waals surface area (Å²) in [6.45, 7) is 0. The van der Waals surface area contributed by atoms with Crippen LogP contribution in [0.1, 0.15) is 53.9 Å². The van der Waals surface area contributed by atoms with E-state index in [0.29, 0.717) is 22.8 Å². The van der Waals surface area contributed by atoms with E-state index in [4.69, 9.17) is 6.42 Å². The quantitative estimate of drug-likeness (QED) is 0.286. The van der Waals surface area contributed by atoms with Crippen molar-refractivity contribution in [2.24, 2.45) is 5.92 Å². The Balaban J connectivity index is 1.57. The summed E-state index contributed by atoms with van der Waals surface area (Å²) in [5, 5.41) is 1.30. The third-order valence-corrected chi connectivity index (χ3v) is 5.97. The molecule has 0 aromatic heterocycles. The van der Waals surface area contributed by atoms with Gasteiger partial charge in [0.25, 0.3) is 0 Å². The average Bonchev–Trinajstić information content (AvgIpc) is 2.78. The van der Waals surface area contributed by atoms with Crippen LogP contribution >= 0.6 is 0 Å². The van der Waals surface area contributed by atoms with Gasteiger partial charge in [0.2, 0.25) is 0 Å². The molecular formula is C27H20F4. The summed E-state index contributed by atoms with van der Waals surface area (Å²) in [5.41, 5.74) is 1.07. The van der Waals surface area contributed by atoms with Crippen LogP contribution in [0.2, 0.25) is 0 Å². The Bertz CT molecular complexity index is 1190. The van der Waals surface area contributed by atoms with Crippen molar-refractivity contribution in [3.8, 4) is 24.2 Å². The van der Waals surface area contributed by atoms with Gasteiger partial charge in [-0.1, -0.05) is 36.1 Å². The molecule has 31 heavy (non-hydrogen) atoms. The van der Waals surface area contributed by atoms with Crippen LogP contribution in [0.4, 0.5) is 17.6 Å². The minimum absolute atomic E-state index is 0.217. The number of fused-ring (bicyclic) bond motifs is 1. The Morgan fingerprint density at radius 2 is 1.55 bits per heavy atom. The highest BCUT2D eigenvalue weighted by atomic mass is 19.4. The zero-order valence-electron chi connectivity index (χ0n) is 16.8. The molecule has 1 fully saturated rings. The molecular weight excluding hydrogens is 400 g/mol. The molecule has 3 aromatic rings. The van der Waals surface area contributed by atoms with Gasteiger partial charge in [-0.05, 0) is 72.9 Å². The van der Waals surface area contributed by atoms with Gasteiger partial charge >= 0.3 is 6.18 Å². The molecule has 0 atom stereocenters. The predicted molar refractivity (Wildman–Crippen MR) is 115 cm³/mol. The molecule has 1 aliphatic carbocycles. The zero-order chi connectivity index (χ0) is 22.0. The van der Waals surface area contributed by atoms with E-state index in [-0.39, 0.29) is 5.56 Å². The van der Waals surface area contributed by atoms with Gasteiger partial charge in [-0.2, -0.15) is 13.2 Å². The van der Waals surface area contributed by atoms with Gasteiger partial charge in [0.1, 0.15) is 5.82 Å². The lowest BCUT2D eigenvalue weighted by Gasteiger charge is -2.26. The fourth-order valence-corrected chi connectivity index (χ4v) is 4.14. The number of rotatable bonds is 1. The molecule has 0 bridgehead atoms. The second kappa shape index (κ2) is 8.48. The smallest absolute Gasteiger partial charge is 0.205 e. The number of terminal acetylenes is 1. The topological polar surface area (TPSA) is 0 Å². The van der Waals surface area contributed by atoms with Crippen molar-refractivity contribution in [3.63, 3.8) is 0 Å². The first kappa shape index (κ1) is 21.0. The van der Waals surface area contributed by atoms with Gasteiger partial charge in [-0.25, -0.2) is 4.39 Å². The van der Waals surface area contributed by atoms with E-state index in [1.807, 2.05) is 18.2 Å². The van der Waals surface area contributed by atoms with E-state index < -0.39 is 17.6 Å². The van der Waals surface area contributed by atoms with E-state index in [1.165, 1.54) is 17.7 Å². The average molecular weight is 420 g/mol. The maximum atomic E-state index is 15.0.